The van der Waals surface area contributed by atoms with E-state index in [0.717, 1.165) is 0 Å². The fourth-order valence-electron chi connectivity index (χ4n) is 2.18. The molecule has 6 nitrogen and oxygen atoms in total. The largest absolute Gasteiger partial charge is 0.0622 e. The molecule has 9 heteroatoms. The summed E-state index contributed by atoms with van der Waals surface area (Å²) >= 11 is 0. The average Bonchev–Trinajstić information content (AvgIpc) is 2.96. The van der Waals surface area contributed by atoms with Crippen LogP contribution in [0.3, 0.4) is 0 Å². The van der Waals surface area contributed by atoms with Gasteiger partial charge in [-0.3, -0.25) is 4.79 Å². The fourth-order valence-corrected chi connectivity index (χ4v) is 4.48. The molecule has 0 amide bonds. The third-order valence-electron chi connectivity index (χ3n) is 3.25. The van der Waals surface area contributed by atoms with Crippen molar-refractivity contribution < 1.29 is 61.6 Å². The standard InChI is InChI=1S/C18H15P.C4H4O.5CO.2Co/c1-4-10-16(11-5-1)19(17-12-6-2-7-13-17)18-14-8-3-9-15-18;1-3-4(2)5;5*1-2;;/h1-15H;1H,2H3;;;;;;;. The fraction of sp³-hybridized carbons (Fsp3) is 0.0370. The molecule has 3 aromatic rings. The van der Waals surface area contributed by atoms with Crippen molar-refractivity contribution >= 4 is 29.6 Å². The Bertz CT molecular complexity index is 898. The molecular formula is C27H19Co2O6P. The number of benzene rings is 3. The van der Waals surface area contributed by atoms with E-state index < -0.39 is 7.92 Å². The number of hydrogen-bond donors (Lipinski definition) is 0. The van der Waals surface area contributed by atoms with E-state index in [9.17, 15) is 4.79 Å². The van der Waals surface area contributed by atoms with E-state index in [2.05, 4.69) is 131 Å². The van der Waals surface area contributed by atoms with E-state index in [1.165, 1.54) is 22.8 Å². The third-order valence-corrected chi connectivity index (χ3v) is 5.69. The second kappa shape index (κ2) is 39.3. The van der Waals surface area contributed by atoms with Crippen molar-refractivity contribution in [2.45, 2.75) is 6.92 Å². The Morgan fingerprint density at radius 2 is 0.750 bits per heavy atom. The Morgan fingerprint density at radius 1 is 0.583 bits per heavy atom. The van der Waals surface area contributed by atoms with Gasteiger partial charge in [0.05, 0.1) is 0 Å². The first-order chi connectivity index (χ1) is 16.7. The summed E-state index contributed by atoms with van der Waals surface area (Å²) in [4.78, 5) is 9.58. The summed E-state index contributed by atoms with van der Waals surface area (Å²) in [6.07, 6.45) is 4.57. The van der Waals surface area contributed by atoms with Gasteiger partial charge in [-0.2, -0.15) is 0 Å². The van der Waals surface area contributed by atoms with Gasteiger partial charge in [0.1, 0.15) is 0 Å². The molecule has 0 N–H and O–H groups in total. The molecule has 0 aliphatic heterocycles. The van der Waals surface area contributed by atoms with E-state index in [1.807, 2.05) is 5.92 Å². The monoisotopic (exact) mass is 588 g/mol. The van der Waals surface area contributed by atoms with Gasteiger partial charge in [-0.1, -0.05) is 91.0 Å². The molecule has 36 heavy (non-hydrogen) atoms. The molecule has 0 atom stereocenters. The summed E-state index contributed by atoms with van der Waals surface area (Å²) in [7, 11) is -0.446. The molecule has 0 aromatic heterocycles. The molecule has 0 spiro atoms. The first kappa shape index (κ1) is 46.4. The average molecular weight is 588 g/mol. The number of Topliss-reactive ketones (excluding diaryl/α,β-unsaturated/α-hetero) is 1. The smallest absolute Gasteiger partial charge is 0 e. The van der Waals surface area contributed by atoms with Gasteiger partial charge in [0.2, 0.25) is 5.78 Å². The maximum absolute atomic E-state index is 9.58. The first-order valence-corrected chi connectivity index (χ1v) is 10.0. The summed E-state index contributed by atoms with van der Waals surface area (Å²) in [6, 6.07) is 32.3. The van der Waals surface area contributed by atoms with Crippen molar-refractivity contribution in [1.29, 1.82) is 0 Å². The summed E-state index contributed by atoms with van der Waals surface area (Å²) in [5.41, 5.74) is 0. The topological polar surface area (TPSA) is 117 Å². The van der Waals surface area contributed by atoms with Crippen LogP contribution >= 0.6 is 7.92 Å². The zero-order valence-electron chi connectivity index (χ0n) is 18.8. The van der Waals surface area contributed by atoms with E-state index in [-0.39, 0.29) is 39.3 Å². The minimum Gasteiger partial charge on any atom is -0.0622 e. The van der Waals surface area contributed by atoms with Crippen LogP contribution in [0.2, 0.25) is 0 Å². The van der Waals surface area contributed by atoms with E-state index in [4.69, 9.17) is 23.3 Å². The molecule has 0 aliphatic carbocycles. The summed E-state index contributed by atoms with van der Waals surface area (Å²) in [5.74, 6) is 1.67. The van der Waals surface area contributed by atoms with Gasteiger partial charge >= 0.3 is 56.5 Å². The molecule has 3 rings (SSSR count). The van der Waals surface area contributed by atoms with Crippen molar-refractivity contribution in [2.75, 3.05) is 0 Å². The van der Waals surface area contributed by atoms with Gasteiger partial charge in [0, 0.05) is 40.5 Å². The Balaban J connectivity index is -0.000000113. The third kappa shape index (κ3) is 22.8. The number of rotatable bonds is 3. The quantitative estimate of drug-likeness (QED) is 0.151. The molecule has 2 radical (unpaired) electrons. The molecule has 0 saturated heterocycles. The zero-order valence-corrected chi connectivity index (χ0v) is 21.8. The number of carbonyl (C=O) groups is 1. The maximum Gasteiger partial charge on any atom is 0 e. The van der Waals surface area contributed by atoms with Crippen LogP contribution in [-0.2, 0) is 61.6 Å². The Labute approximate surface area is 234 Å². The van der Waals surface area contributed by atoms with Gasteiger partial charge in [-0.25, -0.2) is 0 Å². The van der Waals surface area contributed by atoms with Crippen LogP contribution in [0.25, 0.3) is 0 Å². The van der Waals surface area contributed by atoms with Gasteiger partial charge in [-0.15, -0.1) is 6.42 Å². The van der Waals surface area contributed by atoms with Crippen molar-refractivity contribution in [3.8, 4) is 12.3 Å². The number of ketones is 1. The van der Waals surface area contributed by atoms with Gasteiger partial charge in [-0.05, 0) is 29.8 Å². The SMILES string of the molecule is C#CC(C)=O.[C-]#[O+].[C-]#[O+].[C-]#[O+].[C-]#[O+].[C-]#[O+].[Co].[Co].c1ccc(P(c2ccccc2)c2ccccc2)cc1. The van der Waals surface area contributed by atoms with E-state index >= 15 is 0 Å². The molecule has 3 aromatic carbocycles. The summed E-state index contributed by atoms with van der Waals surface area (Å²) in [6.45, 7) is 23.8. The number of hydrogen-bond acceptors (Lipinski definition) is 1. The number of carbonyl (C=O) groups excluding carboxylic acids is 1. The van der Waals surface area contributed by atoms with Gasteiger partial charge in [0.25, 0.3) is 0 Å². The van der Waals surface area contributed by atoms with Crippen LogP contribution in [0.15, 0.2) is 91.0 Å². The zero-order chi connectivity index (χ0) is 27.2. The van der Waals surface area contributed by atoms with Crippen molar-refractivity contribution in [3.63, 3.8) is 0 Å². The van der Waals surface area contributed by atoms with Crippen LogP contribution in [0.4, 0.5) is 0 Å². The first-order valence-electron chi connectivity index (χ1n) is 8.67. The minimum atomic E-state index is -0.446. The summed E-state index contributed by atoms with van der Waals surface area (Å²) in [5, 5.41) is 4.19. The van der Waals surface area contributed by atoms with Crippen LogP contribution in [0.1, 0.15) is 6.92 Å². The number of terminal acetylenes is 1. The second-order valence-corrected chi connectivity index (χ2v) is 7.26. The minimum absolute atomic E-state index is 0. The van der Waals surface area contributed by atoms with Crippen LogP contribution in [-0.4, -0.2) is 5.78 Å². The molecule has 186 valence electrons. The predicted octanol–water partition coefficient (Wildman–Crippen LogP) is 3.46. The molecule has 0 aliphatic rings. The van der Waals surface area contributed by atoms with Crippen molar-refractivity contribution in [2.24, 2.45) is 0 Å². The Morgan fingerprint density at radius 3 is 0.889 bits per heavy atom. The van der Waals surface area contributed by atoms with Crippen molar-refractivity contribution in [3.05, 3.63) is 124 Å². The molecule has 0 fully saturated rings. The van der Waals surface area contributed by atoms with Crippen LogP contribution in [0.5, 0.6) is 0 Å². The van der Waals surface area contributed by atoms with E-state index in [0.29, 0.717) is 0 Å². The molecule has 0 heterocycles. The van der Waals surface area contributed by atoms with Gasteiger partial charge < -0.3 is 0 Å². The van der Waals surface area contributed by atoms with Gasteiger partial charge in [0.15, 0.2) is 0 Å². The maximum atomic E-state index is 9.58. The molecule has 0 unspecified atom stereocenters. The summed E-state index contributed by atoms with van der Waals surface area (Å²) < 4.78 is 37.5. The molecule has 0 saturated carbocycles. The van der Waals surface area contributed by atoms with Crippen molar-refractivity contribution in [1.82, 2.24) is 0 Å². The molecular weight excluding hydrogens is 569 g/mol. The normalized spacial score (nSPS) is 6.64. The Hall–Kier alpha value is -2.97. The van der Waals surface area contributed by atoms with Crippen LogP contribution < -0.4 is 15.9 Å². The predicted molar refractivity (Wildman–Crippen MR) is 124 cm³/mol. The molecule has 0 bridgehead atoms. The Kier molecular flexibility index (Phi) is 50.6. The second-order valence-electron chi connectivity index (χ2n) is 5.04. The van der Waals surface area contributed by atoms with E-state index in [1.54, 1.807) is 0 Å². The van der Waals surface area contributed by atoms with Crippen LogP contribution in [0, 0.1) is 45.6 Å².